The van der Waals surface area contributed by atoms with Crippen molar-refractivity contribution in [3.63, 3.8) is 0 Å². The fourth-order valence-corrected chi connectivity index (χ4v) is 2.33. The van der Waals surface area contributed by atoms with Gasteiger partial charge >= 0.3 is 12.4 Å². The van der Waals surface area contributed by atoms with Gasteiger partial charge < -0.3 is 21.7 Å². The van der Waals surface area contributed by atoms with Crippen molar-refractivity contribution >= 4 is 11.4 Å². The highest BCUT2D eigenvalue weighted by Crippen LogP contribution is 2.41. The second kappa shape index (κ2) is 5.94. The largest absolute Gasteiger partial charge is 0.506 e. The molecule has 0 aliphatic carbocycles. The fourth-order valence-electron chi connectivity index (χ4n) is 2.33. The summed E-state index contributed by atoms with van der Waals surface area (Å²) in [4.78, 5) is 0. The predicted molar refractivity (Wildman–Crippen MR) is 77.8 cm³/mol. The van der Waals surface area contributed by atoms with E-state index in [1.165, 1.54) is 0 Å². The van der Waals surface area contributed by atoms with Crippen molar-refractivity contribution < 1.29 is 36.6 Å². The van der Waals surface area contributed by atoms with E-state index in [-0.39, 0.29) is 0 Å². The monoisotopic (exact) mass is 366 g/mol. The lowest BCUT2D eigenvalue weighted by Crippen LogP contribution is -2.14. The minimum atomic E-state index is -4.92. The number of nitrogens with two attached hydrogens (primary N) is 2. The zero-order valence-electron chi connectivity index (χ0n) is 12.3. The number of alkyl halides is 6. The lowest BCUT2D eigenvalue weighted by molar-refractivity contribution is -0.138. The molecule has 0 saturated carbocycles. The summed E-state index contributed by atoms with van der Waals surface area (Å²) in [5, 5.41) is 18.9. The minimum absolute atomic E-state index is 0.342. The van der Waals surface area contributed by atoms with Crippen molar-refractivity contribution in [2.24, 2.45) is 0 Å². The van der Waals surface area contributed by atoms with Gasteiger partial charge in [-0.2, -0.15) is 26.3 Å². The lowest BCUT2D eigenvalue weighted by atomic mass is 9.94. The smallest absolute Gasteiger partial charge is 0.416 e. The molecule has 0 atom stereocenters. The Balaban J connectivity index is 2.65. The van der Waals surface area contributed by atoms with Crippen molar-refractivity contribution in [1.29, 1.82) is 0 Å². The second-order valence-corrected chi connectivity index (χ2v) is 5.31. The van der Waals surface area contributed by atoms with Gasteiger partial charge in [-0.3, -0.25) is 0 Å². The van der Waals surface area contributed by atoms with Gasteiger partial charge in [0.1, 0.15) is 11.5 Å². The first kappa shape index (κ1) is 18.6. The first-order chi connectivity index (χ1) is 11.3. The van der Waals surface area contributed by atoms with E-state index in [0.717, 1.165) is 6.07 Å². The van der Waals surface area contributed by atoms with Crippen LogP contribution in [0.15, 0.2) is 24.3 Å². The van der Waals surface area contributed by atoms with Crippen LogP contribution >= 0.6 is 0 Å². The molecule has 4 nitrogen and oxygen atoms in total. The average molecular weight is 366 g/mol. The Morgan fingerprint density at radius 3 is 1.60 bits per heavy atom. The summed E-state index contributed by atoms with van der Waals surface area (Å²) < 4.78 is 78.6. The molecule has 2 aromatic carbocycles. The third-order valence-corrected chi connectivity index (χ3v) is 3.50. The summed E-state index contributed by atoms with van der Waals surface area (Å²) in [5.41, 5.74) is 5.81. The Bertz CT molecular complexity index is 748. The number of phenolic OH excluding ortho intramolecular Hbond substituents is 2. The van der Waals surface area contributed by atoms with Crippen LogP contribution in [-0.2, 0) is 18.8 Å². The van der Waals surface area contributed by atoms with E-state index in [1.807, 2.05) is 0 Å². The summed E-state index contributed by atoms with van der Waals surface area (Å²) in [5.74, 6) is -1.53. The van der Waals surface area contributed by atoms with Crippen LogP contribution < -0.4 is 11.5 Å². The number of hydrogen-bond acceptors (Lipinski definition) is 4. The summed E-state index contributed by atoms with van der Waals surface area (Å²) in [6.45, 7) is 0. The van der Waals surface area contributed by atoms with E-state index >= 15 is 0 Å². The molecule has 25 heavy (non-hydrogen) atoms. The molecule has 2 aromatic rings. The fraction of sp³-hybridized carbons (Fsp3) is 0.200. The number of nitrogen functional groups attached to an aromatic ring is 2. The molecule has 0 aromatic heterocycles. The van der Waals surface area contributed by atoms with E-state index in [9.17, 15) is 36.6 Å². The SMILES string of the molecule is Nc1cc(C(F)(F)F)c(Cc2cc(N)c(O)cc2C(F)(F)F)cc1O. The van der Waals surface area contributed by atoms with Gasteiger partial charge in [-0.1, -0.05) is 0 Å². The van der Waals surface area contributed by atoms with Gasteiger partial charge in [-0.15, -0.1) is 0 Å². The number of rotatable bonds is 2. The van der Waals surface area contributed by atoms with Crippen LogP contribution in [0.5, 0.6) is 11.5 Å². The third-order valence-electron chi connectivity index (χ3n) is 3.50. The number of anilines is 2. The molecule has 0 radical (unpaired) electrons. The summed E-state index contributed by atoms with van der Waals surface area (Å²) in [7, 11) is 0. The van der Waals surface area contributed by atoms with Gasteiger partial charge in [0.25, 0.3) is 0 Å². The predicted octanol–water partition coefficient (Wildman–Crippen LogP) is 3.89. The molecule has 6 N–H and O–H groups in total. The maximum Gasteiger partial charge on any atom is 0.416 e. The van der Waals surface area contributed by atoms with Crippen LogP contribution in [0.25, 0.3) is 0 Å². The van der Waals surface area contributed by atoms with E-state index < -0.39 is 63.9 Å². The maximum absolute atomic E-state index is 13.1. The molecule has 2 rings (SSSR count). The van der Waals surface area contributed by atoms with Crippen LogP contribution in [0.4, 0.5) is 37.7 Å². The molecule has 0 aliphatic rings. The minimum Gasteiger partial charge on any atom is -0.506 e. The standard InChI is InChI=1S/C15H12F6N2O2/c16-14(17,18)8-4-11(23)12(24)3-7(8)1-6-2-10(22)13(25)5-9(6)15(19,20)21/h2-5,24-25H,1,22-23H2. The number of hydrogen-bond donors (Lipinski definition) is 4. The van der Waals surface area contributed by atoms with Crippen molar-refractivity contribution in [2.75, 3.05) is 11.5 Å². The highest BCUT2D eigenvalue weighted by atomic mass is 19.4. The normalized spacial score (nSPS) is 12.4. The molecule has 0 fully saturated rings. The van der Waals surface area contributed by atoms with Crippen LogP contribution in [-0.4, -0.2) is 10.2 Å². The molecule has 0 saturated heterocycles. The van der Waals surface area contributed by atoms with E-state index in [2.05, 4.69) is 0 Å². The van der Waals surface area contributed by atoms with E-state index in [0.29, 0.717) is 18.2 Å². The number of halogens is 6. The molecule has 0 unspecified atom stereocenters. The lowest BCUT2D eigenvalue weighted by Gasteiger charge is -2.18. The van der Waals surface area contributed by atoms with Gasteiger partial charge in [0.15, 0.2) is 0 Å². The average Bonchev–Trinajstić information content (AvgIpc) is 2.43. The number of benzene rings is 2. The Hall–Kier alpha value is -2.78. The van der Waals surface area contributed by atoms with E-state index in [4.69, 9.17) is 11.5 Å². The van der Waals surface area contributed by atoms with Crippen molar-refractivity contribution in [3.05, 3.63) is 46.5 Å². The molecule has 0 amide bonds. The summed E-state index contributed by atoms with van der Waals surface area (Å²) in [6.07, 6.45) is -10.6. The zero-order valence-corrected chi connectivity index (χ0v) is 12.3. The van der Waals surface area contributed by atoms with Crippen LogP contribution in [0.2, 0.25) is 0 Å². The van der Waals surface area contributed by atoms with E-state index in [1.54, 1.807) is 0 Å². The zero-order chi connectivity index (χ0) is 19.2. The quantitative estimate of drug-likeness (QED) is 0.369. The first-order valence-electron chi connectivity index (χ1n) is 6.67. The maximum atomic E-state index is 13.1. The van der Waals surface area contributed by atoms with Crippen LogP contribution in [0.3, 0.4) is 0 Å². The van der Waals surface area contributed by atoms with Crippen molar-refractivity contribution in [1.82, 2.24) is 0 Å². The van der Waals surface area contributed by atoms with Crippen molar-refractivity contribution in [2.45, 2.75) is 18.8 Å². The molecule has 0 bridgehead atoms. The molecule has 0 heterocycles. The topological polar surface area (TPSA) is 92.5 Å². The Kier molecular flexibility index (Phi) is 4.41. The van der Waals surface area contributed by atoms with Crippen LogP contribution in [0, 0.1) is 0 Å². The van der Waals surface area contributed by atoms with Crippen LogP contribution in [0.1, 0.15) is 22.3 Å². The highest BCUT2D eigenvalue weighted by Gasteiger charge is 2.37. The van der Waals surface area contributed by atoms with Gasteiger partial charge in [-0.25, -0.2) is 0 Å². The summed E-state index contributed by atoms with van der Waals surface area (Å²) >= 11 is 0. The molecular formula is C15H12F6N2O2. The Morgan fingerprint density at radius 1 is 0.680 bits per heavy atom. The highest BCUT2D eigenvalue weighted by molar-refractivity contribution is 5.60. The van der Waals surface area contributed by atoms with Gasteiger partial charge in [0.2, 0.25) is 0 Å². The molecule has 0 spiro atoms. The number of aromatic hydroxyl groups is 2. The Morgan fingerprint density at radius 2 is 1.08 bits per heavy atom. The van der Waals surface area contributed by atoms with Gasteiger partial charge in [0.05, 0.1) is 22.5 Å². The summed E-state index contributed by atoms with van der Waals surface area (Å²) in [6, 6.07) is 2.18. The third kappa shape index (κ3) is 3.83. The van der Waals surface area contributed by atoms with Gasteiger partial charge in [0, 0.05) is 0 Å². The molecule has 0 aliphatic heterocycles. The Labute approximate surface area is 137 Å². The van der Waals surface area contributed by atoms with Crippen molar-refractivity contribution in [3.8, 4) is 11.5 Å². The molecule has 10 heteroatoms. The first-order valence-corrected chi connectivity index (χ1v) is 6.67. The van der Waals surface area contributed by atoms with Gasteiger partial charge in [-0.05, 0) is 41.8 Å². The molecular weight excluding hydrogens is 354 g/mol. The number of phenols is 2. The molecule has 136 valence electrons. The second-order valence-electron chi connectivity index (χ2n) is 5.31.